The summed E-state index contributed by atoms with van der Waals surface area (Å²) in [4.78, 5) is 25.4. The number of benzene rings is 1. The molecule has 0 spiro atoms. The van der Waals surface area contributed by atoms with Crippen molar-refractivity contribution < 1.29 is 14.0 Å². The SMILES string of the molecule is O=C1C(=O)N(CC2(CBr)CCC2)c2cc(F)ccc21. The Morgan fingerprint density at radius 3 is 2.63 bits per heavy atom. The van der Waals surface area contributed by atoms with Crippen molar-refractivity contribution >= 4 is 33.3 Å². The second kappa shape index (κ2) is 4.40. The number of hydrogen-bond donors (Lipinski definition) is 0. The number of anilines is 1. The first-order valence-electron chi connectivity index (χ1n) is 6.28. The average Bonchev–Trinajstić information content (AvgIpc) is 2.58. The molecule has 0 unspecified atom stereocenters. The zero-order valence-corrected chi connectivity index (χ0v) is 11.9. The van der Waals surface area contributed by atoms with Crippen LogP contribution in [-0.2, 0) is 4.79 Å². The van der Waals surface area contributed by atoms with Crippen LogP contribution in [0.3, 0.4) is 0 Å². The molecular formula is C14H13BrFNO2. The zero-order valence-electron chi connectivity index (χ0n) is 10.3. The van der Waals surface area contributed by atoms with Crippen molar-refractivity contribution in [3.63, 3.8) is 0 Å². The van der Waals surface area contributed by atoms with E-state index in [1.807, 2.05) is 0 Å². The summed E-state index contributed by atoms with van der Waals surface area (Å²) >= 11 is 3.48. The lowest BCUT2D eigenvalue weighted by molar-refractivity contribution is -0.114. The van der Waals surface area contributed by atoms with Crippen LogP contribution < -0.4 is 4.90 Å². The topological polar surface area (TPSA) is 37.4 Å². The lowest BCUT2D eigenvalue weighted by Crippen LogP contribution is -2.45. The number of nitrogens with zero attached hydrogens (tertiary/aromatic N) is 1. The summed E-state index contributed by atoms with van der Waals surface area (Å²) in [6.45, 7) is 0.485. The Morgan fingerprint density at radius 2 is 2.05 bits per heavy atom. The van der Waals surface area contributed by atoms with Crippen LogP contribution in [-0.4, -0.2) is 23.6 Å². The average molecular weight is 326 g/mol. The van der Waals surface area contributed by atoms with Gasteiger partial charge >= 0.3 is 0 Å². The third kappa shape index (κ3) is 1.91. The van der Waals surface area contributed by atoms with Crippen LogP contribution in [0.2, 0.25) is 0 Å². The highest BCUT2D eigenvalue weighted by Crippen LogP contribution is 2.45. The van der Waals surface area contributed by atoms with E-state index in [1.54, 1.807) is 0 Å². The quantitative estimate of drug-likeness (QED) is 0.633. The third-order valence-electron chi connectivity index (χ3n) is 4.13. The maximum Gasteiger partial charge on any atom is 0.299 e. The summed E-state index contributed by atoms with van der Waals surface area (Å²) in [6.07, 6.45) is 3.19. The molecule has 2 aliphatic rings. The summed E-state index contributed by atoms with van der Waals surface area (Å²) in [5, 5.41) is 0.794. The van der Waals surface area contributed by atoms with Gasteiger partial charge in [0.25, 0.3) is 11.7 Å². The molecule has 3 nitrogen and oxygen atoms in total. The van der Waals surface area contributed by atoms with E-state index < -0.39 is 17.5 Å². The molecule has 0 N–H and O–H groups in total. The fourth-order valence-corrected chi connectivity index (χ4v) is 3.51. The zero-order chi connectivity index (χ0) is 13.6. The summed E-state index contributed by atoms with van der Waals surface area (Å²) < 4.78 is 13.3. The summed E-state index contributed by atoms with van der Waals surface area (Å²) in [5.74, 6) is -1.49. The van der Waals surface area contributed by atoms with Crippen LogP contribution in [0.25, 0.3) is 0 Å². The van der Waals surface area contributed by atoms with E-state index in [1.165, 1.54) is 23.1 Å². The number of amides is 1. The Balaban J connectivity index is 1.96. The molecule has 1 aliphatic carbocycles. The lowest BCUT2D eigenvalue weighted by atomic mass is 9.70. The minimum Gasteiger partial charge on any atom is -0.304 e. The molecule has 1 fully saturated rings. The first kappa shape index (κ1) is 12.8. The molecule has 1 amide bonds. The number of ketones is 1. The highest BCUT2D eigenvalue weighted by atomic mass is 79.9. The lowest BCUT2D eigenvalue weighted by Gasteiger charge is -2.43. The van der Waals surface area contributed by atoms with Gasteiger partial charge in [0, 0.05) is 11.9 Å². The molecule has 1 aromatic carbocycles. The molecule has 1 aliphatic heterocycles. The van der Waals surface area contributed by atoms with Gasteiger partial charge in [-0.05, 0) is 36.5 Å². The minimum atomic E-state index is -0.534. The van der Waals surface area contributed by atoms with Crippen molar-refractivity contribution in [1.29, 1.82) is 0 Å². The molecule has 100 valence electrons. The van der Waals surface area contributed by atoms with E-state index in [2.05, 4.69) is 15.9 Å². The maximum atomic E-state index is 13.3. The monoisotopic (exact) mass is 325 g/mol. The minimum absolute atomic E-state index is 0.0316. The number of fused-ring (bicyclic) bond motifs is 1. The maximum absolute atomic E-state index is 13.3. The first-order chi connectivity index (χ1) is 9.06. The van der Waals surface area contributed by atoms with Crippen LogP contribution in [0.5, 0.6) is 0 Å². The van der Waals surface area contributed by atoms with Crippen LogP contribution >= 0.6 is 15.9 Å². The van der Waals surface area contributed by atoms with Crippen LogP contribution in [0, 0.1) is 11.2 Å². The van der Waals surface area contributed by atoms with Crippen LogP contribution in [0.15, 0.2) is 18.2 Å². The molecule has 0 aromatic heterocycles. The second-order valence-corrected chi connectivity index (χ2v) is 5.93. The third-order valence-corrected chi connectivity index (χ3v) is 5.32. The number of alkyl halides is 1. The molecular weight excluding hydrogens is 313 g/mol. The van der Waals surface area contributed by atoms with E-state index >= 15 is 0 Å². The first-order valence-corrected chi connectivity index (χ1v) is 7.40. The van der Waals surface area contributed by atoms with Crippen molar-refractivity contribution in [2.45, 2.75) is 19.3 Å². The van der Waals surface area contributed by atoms with Gasteiger partial charge in [0.05, 0.1) is 11.3 Å². The highest BCUT2D eigenvalue weighted by molar-refractivity contribution is 9.09. The van der Waals surface area contributed by atoms with Gasteiger partial charge in [-0.1, -0.05) is 22.4 Å². The fraction of sp³-hybridized carbons (Fsp3) is 0.429. The Morgan fingerprint density at radius 1 is 1.32 bits per heavy atom. The number of carbonyl (C=O) groups excluding carboxylic acids is 2. The summed E-state index contributed by atoms with van der Waals surface area (Å²) in [7, 11) is 0. The van der Waals surface area contributed by atoms with E-state index in [-0.39, 0.29) is 5.41 Å². The van der Waals surface area contributed by atoms with Crippen molar-refractivity contribution in [3.05, 3.63) is 29.6 Å². The Kier molecular flexibility index (Phi) is 2.96. The van der Waals surface area contributed by atoms with Gasteiger partial charge in [0.2, 0.25) is 0 Å². The van der Waals surface area contributed by atoms with Gasteiger partial charge < -0.3 is 4.90 Å². The van der Waals surface area contributed by atoms with E-state index in [0.29, 0.717) is 17.8 Å². The molecule has 0 saturated heterocycles. The standard InChI is InChI=1S/C14H13BrFNO2/c15-7-14(4-1-5-14)8-17-11-6-9(16)2-3-10(11)12(18)13(17)19/h2-3,6H,1,4-5,7-8H2. The molecule has 5 heteroatoms. The largest absolute Gasteiger partial charge is 0.304 e. The van der Waals surface area contributed by atoms with Crippen LogP contribution in [0.1, 0.15) is 29.6 Å². The van der Waals surface area contributed by atoms with Crippen LogP contribution in [0.4, 0.5) is 10.1 Å². The molecule has 0 atom stereocenters. The molecule has 1 heterocycles. The van der Waals surface area contributed by atoms with Gasteiger partial charge in [-0.15, -0.1) is 0 Å². The molecule has 3 rings (SSSR count). The smallest absolute Gasteiger partial charge is 0.299 e. The molecule has 0 radical (unpaired) electrons. The number of Topliss-reactive ketones (excluding diaryl/α,β-unsaturated/α-hetero) is 1. The van der Waals surface area contributed by atoms with Crippen molar-refractivity contribution in [1.82, 2.24) is 0 Å². The van der Waals surface area contributed by atoms with E-state index in [4.69, 9.17) is 0 Å². The molecule has 0 bridgehead atoms. The van der Waals surface area contributed by atoms with Crippen molar-refractivity contribution in [2.24, 2.45) is 5.41 Å². The van der Waals surface area contributed by atoms with Crippen molar-refractivity contribution in [2.75, 3.05) is 16.8 Å². The molecule has 1 saturated carbocycles. The second-order valence-electron chi connectivity index (χ2n) is 5.37. The van der Waals surface area contributed by atoms with E-state index in [9.17, 15) is 14.0 Å². The Hall–Kier alpha value is -1.23. The number of carbonyl (C=O) groups is 2. The number of hydrogen-bond acceptors (Lipinski definition) is 2. The number of rotatable bonds is 3. The molecule has 19 heavy (non-hydrogen) atoms. The van der Waals surface area contributed by atoms with Gasteiger partial charge in [0.15, 0.2) is 0 Å². The Labute approximate surface area is 118 Å². The fourth-order valence-electron chi connectivity index (χ4n) is 2.77. The van der Waals surface area contributed by atoms with Crippen molar-refractivity contribution in [3.8, 4) is 0 Å². The summed E-state index contributed by atoms with van der Waals surface area (Å²) in [6, 6.07) is 3.89. The normalized spacial score (nSPS) is 20.4. The highest BCUT2D eigenvalue weighted by Gasteiger charge is 2.44. The van der Waals surface area contributed by atoms with E-state index in [0.717, 1.165) is 24.6 Å². The van der Waals surface area contributed by atoms with Gasteiger partial charge in [-0.25, -0.2) is 4.39 Å². The van der Waals surface area contributed by atoms with Gasteiger partial charge in [-0.3, -0.25) is 9.59 Å². The van der Waals surface area contributed by atoms with Gasteiger partial charge in [0.1, 0.15) is 5.82 Å². The summed E-state index contributed by atoms with van der Waals surface area (Å²) in [5.41, 5.74) is 0.766. The molecule has 1 aromatic rings. The number of halogens is 2. The Bertz CT molecular complexity index is 563. The predicted molar refractivity (Wildman–Crippen MR) is 73.2 cm³/mol. The van der Waals surface area contributed by atoms with Gasteiger partial charge in [-0.2, -0.15) is 0 Å². The predicted octanol–water partition coefficient (Wildman–Crippen LogP) is 2.92.